The van der Waals surface area contributed by atoms with Gasteiger partial charge >= 0.3 is 5.97 Å². The number of rotatable bonds is 6. The van der Waals surface area contributed by atoms with Gasteiger partial charge in [-0.25, -0.2) is 4.98 Å². The number of fused-ring (bicyclic) bond motifs is 1. The van der Waals surface area contributed by atoms with Crippen LogP contribution >= 0.6 is 11.3 Å². The summed E-state index contributed by atoms with van der Waals surface area (Å²) in [4.78, 5) is 19.7. The van der Waals surface area contributed by atoms with E-state index in [1.165, 1.54) is 29.0 Å². The Balaban J connectivity index is 1.54. The Morgan fingerprint density at radius 1 is 1.19 bits per heavy atom. The van der Waals surface area contributed by atoms with Crippen molar-refractivity contribution < 1.29 is 9.90 Å². The molecule has 2 aromatic rings. The van der Waals surface area contributed by atoms with Gasteiger partial charge in [-0.05, 0) is 43.6 Å². The van der Waals surface area contributed by atoms with Crippen LogP contribution in [0.3, 0.4) is 0 Å². The minimum absolute atomic E-state index is 0.188. The standard InChI is InChI=1S/C21H26N2O2S/c24-20(25)12-13-23(17-8-4-5-9-17)21-22-18-11-10-16(14-19(18)26-21)15-6-2-1-3-7-15/h1-3,6-7,16-17H,4-5,8-14H2,(H,24,25). The van der Waals surface area contributed by atoms with Gasteiger partial charge in [0.15, 0.2) is 5.13 Å². The second kappa shape index (κ2) is 7.78. The van der Waals surface area contributed by atoms with Crippen LogP contribution in [0, 0.1) is 0 Å². The summed E-state index contributed by atoms with van der Waals surface area (Å²) < 4.78 is 0. The molecule has 0 radical (unpaired) electrons. The highest BCUT2D eigenvalue weighted by molar-refractivity contribution is 7.15. The minimum Gasteiger partial charge on any atom is -0.481 e. The number of aliphatic carboxylic acids is 1. The van der Waals surface area contributed by atoms with Crippen LogP contribution in [0.4, 0.5) is 5.13 Å². The third kappa shape index (κ3) is 3.78. The molecule has 1 saturated carbocycles. The van der Waals surface area contributed by atoms with Crippen molar-refractivity contribution in [3.8, 4) is 0 Å². The van der Waals surface area contributed by atoms with Crippen LogP contribution in [0.5, 0.6) is 0 Å². The molecule has 1 fully saturated rings. The van der Waals surface area contributed by atoms with E-state index in [4.69, 9.17) is 10.1 Å². The van der Waals surface area contributed by atoms with Crippen molar-refractivity contribution in [1.82, 2.24) is 4.98 Å². The maximum Gasteiger partial charge on any atom is 0.305 e. The van der Waals surface area contributed by atoms with E-state index in [2.05, 4.69) is 35.2 Å². The number of hydrogen-bond donors (Lipinski definition) is 1. The fourth-order valence-corrected chi connectivity index (χ4v) is 5.64. The molecule has 1 aromatic heterocycles. The molecule has 2 aliphatic rings. The largest absolute Gasteiger partial charge is 0.481 e. The van der Waals surface area contributed by atoms with Crippen molar-refractivity contribution in [2.45, 2.75) is 63.3 Å². The lowest BCUT2D eigenvalue weighted by Crippen LogP contribution is -2.35. The quantitative estimate of drug-likeness (QED) is 0.805. The van der Waals surface area contributed by atoms with E-state index in [1.807, 2.05) is 0 Å². The first kappa shape index (κ1) is 17.5. The summed E-state index contributed by atoms with van der Waals surface area (Å²) in [6, 6.07) is 11.2. The Morgan fingerprint density at radius 2 is 1.96 bits per heavy atom. The van der Waals surface area contributed by atoms with E-state index in [1.54, 1.807) is 11.3 Å². The number of aryl methyl sites for hydroxylation is 1. The van der Waals surface area contributed by atoms with Crippen LogP contribution in [-0.2, 0) is 17.6 Å². The molecule has 26 heavy (non-hydrogen) atoms. The van der Waals surface area contributed by atoms with Crippen LogP contribution in [0.2, 0.25) is 0 Å². The lowest BCUT2D eigenvalue weighted by molar-refractivity contribution is -0.136. The Bertz CT molecular complexity index is 753. The number of nitrogens with zero attached hydrogens (tertiary/aromatic N) is 2. The van der Waals surface area contributed by atoms with Crippen LogP contribution < -0.4 is 4.90 Å². The monoisotopic (exact) mass is 370 g/mol. The molecule has 0 saturated heterocycles. The lowest BCUT2D eigenvalue weighted by atomic mass is 9.85. The van der Waals surface area contributed by atoms with Crippen LogP contribution in [-0.4, -0.2) is 28.6 Å². The summed E-state index contributed by atoms with van der Waals surface area (Å²) in [6.45, 7) is 0.578. The van der Waals surface area contributed by atoms with Crippen LogP contribution in [0.1, 0.15) is 60.6 Å². The maximum atomic E-state index is 11.1. The molecule has 1 heterocycles. The number of aromatic nitrogens is 1. The third-order valence-corrected chi connectivity index (χ3v) is 6.93. The van der Waals surface area contributed by atoms with Crippen molar-refractivity contribution in [3.05, 3.63) is 46.5 Å². The Hall–Kier alpha value is -1.88. The predicted molar refractivity (Wildman–Crippen MR) is 105 cm³/mol. The summed E-state index contributed by atoms with van der Waals surface area (Å²) in [5.41, 5.74) is 2.67. The number of carbonyl (C=O) groups is 1. The fraction of sp³-hybridized carbons (Fsp3) is 0.524. The summed E-state index contributed by atoms with van der Waals surface area (Å²) in [5.74, 6) is -0.144. The second-order valence-corrected chi connectivity index (χ2v) is 8.55. The van der Waals surface area contributed by atoms with E-state index in [0.29, 0.717) is 18.5 Å². The zero-order chi connectivity index (χ0) is 17.9. The molecule has 138 valence electrons. The van der Waals surface area contributed by atoms with Crippen molar-refractivity contribution in [2.24, 2.45) is 0 Å². The van der Waals surface area contributed by atoms with Gasteiger partial charge in [0.25, 0.3) is 0 Å². The van der Waals surface area contributed by atoms with Gasteiger partial charge in [-0.2, -0.15) is 0 Å². The van der Waals surface area contributed by atoms with Gasteiger partial charge in [-0.3, -0.25) is 4.79 Å². The number of carboxylic acid groups (broad SMARTS) is 1. The van der Waals surface area contributed by atoms with Crippen molar-refractivity contribution >= 4 is 22.4 Å². The Labute approximate surface area is 158 Å². The molecular weight excluding hydrogens is 344 g/mol. The first-order valence-electron chi connectivity index (χ1n) is 9.72. The van der Waals surface area contributed by atoms with Crippen LogP contribution in [0.25, 0.3) is 0 Å². The van der Waals surface area contributed by atoms with Gasteiger partial charge in [0.05, 0.1) is 12.1 Å². The Morgan fingerprint density at radius 3 is 2.69 bits per heavy atom. The highest BCUT2D eigenvalue weighted by atomic mass is 32.1. The van der Waals surface area contributed by atoms with Crippen molar-refractivity contribution in [1.29, 1.82) is 0 Å². The van der Waals surface area contributed by atoms with Gasteiger partial charge in [0.2, 0.25) is 0 Å². The molecule has 0 spiro atoms. The average molecular weight is 371 g/mol. The second-order valence-electron chi connectivity index (χ2n) is 7.49. The molecule has 2 aliphatic carbocycles. The van der Waals surface area contributed by atoms with E-state index in [-0.39, 0.29) is 6.42 Å². The number of benzene rings is 1. The van der Waals surface area contributed by atoms with Gasteiger partial charge in [0, 0.05) is 17.5 Å². The summed E-state index contributed by atoms with van der Waals surface area (Å²) in [5, 5.41) is 10.2. The molecule has 4 nitrogen and oxygen atoms in total. The normalized spacial score (nSPS) is 20.1. The summed E-state index contributed by atoms with van der Waals surface area (Å²) in [6.07, 6.45) is 8.25. The third-order valence-electron chi connectivity index (χ3n) is 5.78. The smallest absolute Gasteiger partial charge is 0.305 e. The molecule has 0 bridgehead atoms. The zero-order valence-electron chi connectivity index (χ0n) is 15.1. The van der Waals surface area contributed by atoms with E-state index < -0.39 is 5.97 Å². The molecule has 1 unspecified atom stereocenters. The summed E-state index contributed by atoms with van der Waals surface area (Å²) in [7, 11) is 0. The number of carboxylic acids is 1. The fourth-order valence-electron chi connectivity index (χ4n) is 4.36. The van der Waals surface area contributed by atoms with Crippen molar-refractivity contribution in [3.63, 3.8) is 0 Å². The zero-order valence-corrected chi connectivity index (χ0v) is 15.9. The van der Waals surface area contributed by atoms with E-state index in [0.717, 1.165) is 37.2 Å². The van der Waals surface area contributed by atoms with E-state index in [9.17, 15) is 4.79 Å². The minimum atomic E-state index is -0.724. The number of hydrogen-bond acceptors (Lipinski definition) is 4. The average Bonchev–Trinajstić information content (AvgIpc) is 3.31. The van der Waals surface area contributed by atoms with Gasteiger partial charge in [-0.1, -0.05) is 43.2 Å². The predicted octanol–water partition coefficient (Wildman–Crippen LogP) is 4.64. The van der Waals surface area contributed by atoms with Gasteiger partial charge in [-0.15, -0.1) is 11.3 Å². The highest BCUT2D eigenvalue weighted by Crippen LogP contribution is 2.39. The molecule has 4 rings (SSSR count). The molecule has 1 N–H and O–H groups in total. The van der Waals surface area contributed by atoms with Gasteiger partial charge in [0.1, 0.15) is 0 Å². The molecule has 1 aromatic carbocycles. The molecule has 0 amide bonds. The SMILES string of the molecule is O=C(O)CCN(c1nc2c(s1)CC(c1ccccc1)CC2)C1CCCC1. The number of thiazole rings is 1. The van der Waals surface area contributed by atoms with Gasteiger partial charge < -0.3 is 10.0 Å². The van der Waals surface area contributed by atoms with Crippen LogP contribution in [0.15, 0.2) is 30.3 Å². The molecule has 0 aliphatic heterocycles. The first-order chi connectivity index (χ1) is 12.7. The molecule has 1 atom stereocenters. The molecule has 5 heteroatoms. The highest BCUT2D eigenvalue weighted by Gasteiger charge is 2.29. The number of anilines is 1. The van der Waals surface area contributed by atoms with Crippen molar-refractivity contribution in [2.75, 3.05) is 11.4 Å². The Kier molecular flexibility index (Phi) is 5.25. The first-order valence-corrected chi connectivity index (χ1v) is 10.5. The van der Waals surface area contributed by atoms with E-state index >= 15 is 0 Å². The lowest BCUT2D eigenvalue weighted by Gasteiger charge is -2.28. The molecular formula is C21H26N2O2S. The maximum absolute atomic E-state index is 11.1. The topological polar surface area (TPSA) is 53.4 Å². The summed E-state index contributed by atoms with van der Waals surface area (Å²) >= 11 is 1.80.